The van der Waals surface area contributed by atoms with Crippen molar-refractivity contribution in [3.63, 3.8) is 0 Å². The lowest BCUT2D eigenvalue weighted by Gasteiger charge is -2.31. The number of halogens is 3. The molecule has 2 aromatic rings. The van der Waals surface area contributed by atoms with Gasteiger partial charge in [0.15, 0.2) is 0 Å². The Morgan fingerprint density at radius 1 is 1.13 bits per heavy atom. The Bertz CT molecular complexity index is 911. The van der Waals surface area contributed by atoms with E-state index in [2.05, 4.69) is 5.32 Å². The van der Waals surface area contributed by atoms with Gasteiger partial charge >= 0.3 is 0 Å². The van der Waals surface area contributed by atoms with Gasteiger partial charge in [-0.1, -0.05) is 54.4 Å². The van der Waals surface area contributed by atoms with Crippen LogP contribution in [0.1, 0.15) is 38.3 Å². The van der Waals surface area contributed by atoms with Gasteiger partial charge in [-0.2, -0.15) is 0 Å². The van der Waals surface area contributed by atoms with E-state index in [9.17, 15) is 14.0 Å². The summed E-state index contributed by atoms with van der Waals surface area (Å²) in [7, 11) is 0. The van der Waals surface area contributed by atoms with Crippen LogP contribution in [-0.4, -0.2) is 34.6 Å². The second kappa shape index (κ2) is 12.3. The highest BCUT2D eigenvalue weighted by molar-refractivity contribution is 7.99. The van der Waals surface area contributed by atoms with Gasteiger partial charge in [-0.05, 0) is 49.6 Å². The molecular weight excluding hydrogens is 458 g/mol. The minimum absolute atomic E-state index is 0.0427. The van der Waals surface area contributed by atoms with Crippen molar-refractivity contribution in [2.24, 2.45) is 0 Å². The Kier molecular flexibility index (Phi) is 10.1. The molecular formula is C23H27Cl2FN2O2S. The third kappa shape index (κ3) is 7.70. The van der Waals surface area contributed by atoms with E-state index in [0.29, 0.717) is 27.8 Å². The third-order valence-corrected chi connectivity index (χ3v) is 6.30. The second-order valence-corrected chi connectivity index (χ2v) is 9.24. The Labute approximate surface area is 197 Å². The molecule has 4 nitrogen and oxygen atoms in total. The lowest BCUT2D eigenvalue weighted by Crippen LogP contribution is -2.50. The monoisotopic (exact) mass is 484 g/mol. The predicted octanol–water partition coefficient (Wildman–Crippen LogP) is 5.70. The first-order valence-electron chi connectivity index (χ1n) is 10.1. The van der Waals surface area contributed by atoms with Gasteiger partial charge in [-0.3, -0.25) is 9.59 Å². The molecule has 2 aromatic carbocycles. The summed E-state index contributed by atoms with van der Waals surface area (Å²) in [6, 6.07) is 11.0. The van der Waals surface area contributed by atoms with Gasteiger partial charge in [0.25, 0.3) is 0 Å². The van der Waals surface area contributed by atoms with Crippen LogP contribution >= 0.6 is 35.0 Å². The summed E-state index contributed by atoms with van der Waals surface area (Å²) >= 11 is 13.5. The molecule has 0 spiro atoms. The van der Waals surface area contributed by atoms with Gasteiger partial charge in [0.1, 0.15) is 11.9 Å². The SMILES string of the molecule is CCC(C(=O)NC(C)C)N(Cc1ccc(Cl)c(Cl)c1)C(=O)CSCc1ccccc1F. The van der Waals surface area contributed by atoms with Crippen molar-refractivity contribution in [3.05, 3.63) is 69.5 Å². The summed E-state index contributed by atoms with van der Waals surface area (Å²) in [5.41, 5.74) is 1.32. The first-order chi connectivity index (χ1) is 14.7. The highest BCUT2D eigenvalue weighted by Gasteiger charge is 2.29. The van der Waals surface area contributed by atoms with Gasteiger partial charge in [0, 0.05) is 18.3 Å². The second-order valence-electron chi connectivity index (χ2n) is 7.44. The summed E-state index contributed by atoms with van der Waals surface area (Å²) in [6.07, 6.45) is 0.462. The fourth-order valence-corrected chi connectivity index (χ4v) is 4.30. The minimum Gasteiger partial charge on any atom is -0.352 e. The molecule has 0 aliphatic carbocycles. The van der Waals surface area contributed by atoms with Gasteiger partial charge < -0.3 is 10.2 Å². The fourth-order valence-electron chi connectivity index (χ4n) is 3.08. The van der Waals surface area contributed by atoms with Crippen molar-refractivity contribution in [2.75, 3.05) is 5.75 Å². The number of nitrogens with zero attached hydrogens (tertiary/aromatic N) is 1. The topological polar surface area (TPSA) is 49.4 Å². The molecule has 31 heavy (non-hydrogen) atoms. The molecule has 1 atom stereocenters. The molecule has 0 heterocycles. The number of rotatable bonds is 10. The van der Waals surface area contributed by atoms with Crippen molar-refractivity contribution in [3.8, 4) is 0 Å². The van der Waals surface area contributed by atoms with Crippen LogP contribution in [0.3, 0.4) is 0 Å². The van der Waals surface area contributed by atoms with Crippen LogP contribution in [-0.2, 0) is 21.9 Å². The highest BCUT2D eigenvalue weighted by Crippen LogP contribution is 2.25. The maximum Gasteiger partial charge on any atom is 0.243 e. The molecule has 0 saturated heterocycles. The molecule has 1 unspecified atom stereocenters. The number of hydrogen-bond acceptors (Lipinski definition) is 3. The average Bonchev–Trinajstić information content (AvgIpc) is 2.71. The number of benzene rings is 2. The summed E-state index contributed by atoms with van der Waals surface area (Å²) in [5, 5.41) is 3.70. The zero-order chi connectivity index (χ0) is 23.0. The van der Waals surface area contributed by atoms with E-state index < -0.39 is 6.04 Å². The summed E-state index contributed by atoms with van der Waals surface area (Å²) in [6.45, 7) is 5.84. The van der Waals surface area contributed by atoms with Crippen LogP contribution in [0.2, 0.25) is 10.0 Å². The van der Waals surface area contributed by atoms with E-state index in [1.165, 1.54) is 17.8 Å². The van der Waals surface area contributed by atoms with Crippen molar-refractivity contribution in [2.45, 2.75) is 51.6 Å². The summed E-state index contributed by atoms with van der Waals surface area (Å²) in [4.78, 5) is 27.5. The summed E-state index contributed by atoms with van der Waals surface area (Å²) < 4.78 is 13.9. The van der Waals surface area contributed by atoms with E-state index in [1.807, 2.05) is 20.8 Å². The molecule has 0 aliphatic rings. The third-order valence-electron chi connectivity index (χ3n) is 4.59. The first kappa shape index (κ1) is 25.5. The predicted molar refractivity (Wildman–Crippen MR) is 127 cm³/mol. The van der Waals surface area contributed by atoms with Gasteiger partial charge in [-0.15, -0.1) is 11.8 Å². The fraction of sp³-hybridized carbons (Fsp3) is 0.391. The van der Waals surface area contributed by atoms with Crippen LogP contribution < -0.4 is 5.32 Å². The molecule has 1 N–H and O–H groups in total. The van der Waals surface area contributed by atoms with Crippen molar-refractivity contribution in [1.29, 1.82) is 0 Å². The minimum atomic E-state index is -0.626. The van der Waals surface area contributed by atoms with Crippen LogP contribution in [0, 0.1) is 5.82 Å². The van der Waals surface area contributed by atoms with E-state index in [0.717, 1.165) is 5.56 Å². The number of amides is 2. The normalized spacial score (nSPS) is 12.0. The standard InChI is InChI=1S/C23H27Cl2FN2O2S/c1-4-21(23(30)27-15(2)3)28(12-16-9-10-18(24)19(25)11-16)22(29)14-31-13-17-7-5-6-8-20(17)26/h5-11,15,21H,4,12-14H2,1-3H3,(H,27,30). The molecule has 0 bridgehead atoms. The molecule has 0 radical (unpaired) electrons. The molecule has 0 aliphatic heterocycles. The van der Waals surface area contributed by atoms with Crippen LogP contribution in [0.5, 0.6) is 0 Å². The Morgan fingerprint density at radius 2 is 1.84 bits per heavy atom. The lowest BCUT2D eigenvalue weighted by atomic mass is 10.1. The van der Waals surface area contributed by atoms with Crippen molar-refractivity contribution < 1.29 is 14.0 Å². The van der Waals surface area contributed by atoms with Crippen LogP contribution in [0.4, 0.5) is 4.39 Å². The van der Waals surface area contributed by atoms with Gasteiger partial charge in [0.05, 0.1) is 15.8 Å². The lowest BCUT2D eigenvalue weighted by molar-refractivity contribution is -0.139. The van der Waals surface area contributed by atoms with E-state index in [1.54, 1.807) is 41.3 Å². The average molecular weight is 485 g/mol. The quantitative estimate of drug-likeness (QED) is 0.470. The Hall–Kier alpha value is -1.76. The zero-order valence-corrected chi connectivity index (χ0v) is 20.2. The van der Waals surface area contributed by atoms with Crippen molar-refractivity contribution >= 4 is 46.8 Å². The molecule has 168 valence electrons. The number of carbonyl (C=O) groups excluding carboxylic acids is 2. The number of carbonyl (C=O) groups is 2. The molecule has 8 heteroatoms. The molecule has 0 aromatic heterocycles. The molecule has 0 fully saturated rings. The van der Waals surface area contributed by atoms with Crippen LogP contribution in [0.15, 0.2) is 42.5 Å². The Morgan fingerprint density at radius 3 is 2.45 bits per heavy atom. The highest BCUT2D eigenvalue weighted by atomic mass is 35.5. The van der Waals surface area contributed by atoms with E-state index in [4.69, 9.17) is 23.2 Å². The summed E-state index contributed by atoms with van der Waals surface area (Å²) in [5.74, 6) is -0.198. The molecule has 2 rings (SSSR count). The maximum absolute atomic E-state index is 13.9. The molecule has 2 amide bonds. The van der Waals surface area contributed by atoms with E-state index in [-0.39, 0.29) is 36.0 Å². The number of thioether (sulfide) groups is 1. The Balaban J connectivity index is 2.18. The number of nitrogens with one attached hydrogen (secondary N) is 1. The maximum atomic E-state index is 13.9. The van der Waals surface area contributed by atoms with E-state index >= 15 is 0 Å². The van der Waals surface area contributed by atoms with Crippen molar-refractivity contribution in [1.82, 2.24) is 10.2 Å². The smallest absolute Gasteiger partial charge is 0.243 e. The molecule has 0 saturated carbocycles. The largest absolute Gasteiger partial charge is 0.352 e. The zero-order valence-electron chi connectivity index (χ0n) is 17.8. The first-order valence-corrected chi connectivity index (χ1v) is 12.0. The van der Waals surface area contributed by atoms with Crippen LogP contribution in [0.25, 0.3) is 0 Å². The van der Waals surface area contributed by atoms with Gasteiger partial charge in [0.2, 0.25) is 11.8 Å². The van der Waals surface area contributed by atoms with Gasteiger partial charge in [-0.25, -0.2) is 4.39 Å². The number of hydrogen-bond donors (Lipinski definition) is 1.